The van der Waals surface area contributed by atoms with E-state index in [0.717, 1.165) is 84.6 Å². The van der Waals surface area contributed by atoms with Crippen molar-refractivity contribution in [3.63, 3.8) is 0 Å². The lowest BCUT2D eigenvalue weighted by Gasteiger charge is -2.33. The number of hydrogen-bond acceptors (Lipinski definition) is 3. The van der Waals surface area contributed by atoms with Gasteiger partial charge >= 0.3 is 0 Å². The number of fused-ring (bicyclic) bond motifs is 6. The SMILES string of the molecule is CCCC1(CCC)c2ccccc2-c2ccc(N(c3ccc(-c4ccccn4)cc3)c3ccc(-c4ccc(CC)c5ccccc45)cc3)cc21.CCc1ccc(-c2ccc(B(c3ccccc3)c3cc(C)ccc3C)cc2)c2ccccc12.CCc1ccc(-c2ccc(N(c3ccccc3)c3ccc(-c4ccccc4)cc3)cc2)c2ccccc12. The molecule has 0 spiro atoms. The Kier molecular flexibility index (Phi) is 23.7. The van der Waals surface area contributed by atoms with Crippen molar-refractivity contribution in [2.45, 2.75) is 98.8 Å². The summed E-state index contributed by atoms with van der Waals surface area (Å²) >= 11 is 0. The summed E-state index contributed by atoms with van der Waals surface area (Å²) in [6.45, 7) is 16.0. The molecule has 18 aromatic rings. The van der Waals surface area contributed by atoms with Crippen LogP contribution >= 0.6 is 0 Å². The molecule has 19 rings (SSSR count). The first-order valence-corrected chi connectivity index (χ1v) is 43.1. The molecule has 120 heavy (non-hydrogen) atoms. The van der Waals surface area contributed by atoms with Crippen LogP contribution in [0.4, 0.5) is 34.1 Å². The van der Waals surface area contributed by atoms with Crippen LogP contribution in [0.3, 0.4) is 0 Å². The van der Waals surface area contributed by atoms with Crippen molar-refractivity contribution in [2.75, 3.05) is 9.80 Å². The fraction of sp³-hybridized carbons (Fsp3) is 0.129. The van der Waals surface area contributed by atoms with Crippen molar-refractivity contribution in [1.29, 1.82) is 0 Å². The first kappa shape index (κ1) is 78.8. The maximum Gasteiger partial charge on any atom is 0.241 e. The third-order valence-corrected chi connectivity index (χ3v) is 24.7. The predicted octanol–water partition coefficient (Wildman–Crippen LogP) is 29.9. The molecule has 4 heteroatoms. The minimum Gasteiger partial charge on any atom is -0.311 e. The van der Waals surface area contributed by atoms with Crippen LogP contribution in [0, 0.1) is 13.8 Å². The Bertz CT molecular complexity index is 6540. The number of pyridine rings is 1. The molecule has 584 valence electrons. The average molecular weight is 1550 g/mol. The van der Waals surface area contributed by atoms with Crippen LogP contribution < -0.4 is 26.2 Å². The van der Waals surface area contributed by atoms with E-state index in [1.54, 1.807) is 0 Å². The summed E-state index contributed by atoms with van der Waals surface area (Å²) in [7, 11) is 0. The number of anilines is 6. The second kappa shape index (κ2) is 36.1. The molecule has 0 amide bonds. The fourth-order valence-corrected chi connectivity index (χ4v) is 18.8. The molecule has 1 aliphatic carbocycles. The first-order chi connectivity index (χ1) is 59.1. The molecule has 17 aromatic carbocycles. The zero-order valence-corrected chi connectivity index (χ0v) is 70.1. The van der Waals surface area contributed by atoms with Crippen molar-refractivity contribution in [3.05, 3.63) is 446 Å². The highest BCUT2D eigenvalue weighted by molar-refractivity contribution is 6.95. The molecule has 0 atom stereocenters. The number of nitrogens with zero attached hydrogens (tertiary/aromatic N) is 3. The molecule has 0 saturated heterocycles. The van der Waals surface area contributed by atoms with Crippen molar-refractivity contribution >= 4 is 89.5 Å². The van der Waals surface area contributed by atoms with Gasteiger partial charge in [-0.25, -0.2) is 0 Å². The Morgan fingerprint density at radius 2 is 0.633 bits per heavy atom. The van der Waals surface area contributed by atoms with E-state index >= 15 is 0 Å². The maximum absolute atomic E-state index is 4.61. The van der Waals surface area contributed by atoms with E-state index in [0.29, 0.717) is 0 Å². The van der Waals surface area contributed by atoms with Gasteiger partial charge in [0.15, 0.2) is 0 Å². The molecule has 0 bridgehead atoms. The maximum atomic E-state index is 4.61. The molecule has 0 aliphatic heterocycles. The van der Waals surface area contributed by atoms with E-state index in [9.17, 15) is 0 Å². The van der Waals surface area contributed by atoms with Gasteiger partial charge in [0, 0.05) is 51.3 Å². The Morgan fingerprint density at radius 1 is 0.267 bits per heavy atom. The lowest BCUT2D eigenvalue weighted by molar-refractivity contribution is 0.436. The molecule has 3 nitrogen and oxygen atoms in total. The van der Waals surface area contributed by atoms with Gasteiger partial charge < -0.3 is 9.80 Å². The van der Waals surface area contributed by atoms with Crippen LogP contribution in [-0.4, -0.2) is 11.7 Å². The monoisotopic (exact) mass is 1550 g/mol. The normalized spacial score (nSPS) is 11.8. The Hall–Kier alpha value is -13.7. The van der Waals surface area contributed by atoms with Gasteiger partial charge in [-0.15, -0.1) is 0 Å². The largest absolute Gasteiger partial charge is 0.311 e. The van der Waals surface area contributed by atoms with Crippen LogP contribution in [0.5, 0.6) is 0 Å². The smallest absolute Gasteiger partial charge is 0.241 e. The van der Waals surface area contributed by atoms with Gasteiger partial charge in [0.2, 0.25) is 6.71 Å². The molecule has 0 radical (unpaired) electrons. The standard InChI is InChI=1S/C48H44N2.C36H29N.C32H29B/c1-4-30-48(31-5-2)45-16-10-9-15-43(45)44-29-27-39(33-46(44)48)50(38-25-20-36(21-26-38)47-17-11-12-32-49-47)37-23-18-35(19-24-37)41-28-22-34(6-3)40-13-7-8-14-42(40)41;1-2-27-21-26-35(36-16-10-9-15-34(27)36)30-19-24-33(25-20-30)37(31-13-7-4-8-14-31)32-22-17-29(18-23-32)28-11-5-3-6-12-28;1-4-25-18-21-30(31-13-9-8-12-29(25)31)26-16-19-28(20-17-26)33(27-10-6-5-7-11-27)32-22-23(2)14-15-24(32)3/h7-29,32-33H,4-6,30-31H2,1-3H3;3-26H,2H2,1H3;5-22H,4H2,1-3H3. The van der Waals surface area contributed by atoms with Crippen LogP contribution in [0.1, 0.15) is 99.2 Å². The summed E-state index contributed by atoms with van der Waals surface area (Å²) in [4.78, 5) is 9.35. The molecular formula is C116H102BN3. The van der Waals surface area contributed by atoms with E-state index in [1.807, 2.05) is 18.3 Å². The van der Waals surface area contributed by atoms with Crippen molar-refractivity contribution in [1.82, 2.24) is 4.98 Å². The van der Waals surface area contributed by atoms with Gasteiger partial charge in [-0.2, -0.15) is 0 Å². The Labute approximate surface area is 710 Å². The number of aryl methyl sites for hydroxylation is 5. The Morgan fingerprint density at radius 3 is 1.11 bits per heavy atom. The summed E-state index contributed by atoms with van der Waals surface area (Å²) < 4.78 is 0. The first-order valence-electron chi connectivity index (χ1n) is 43.1. The summed E-state index contributed by atoms with van der Waals surface area (Å²) in [6, 6.07) is 146. The summed E-state index contributed by atoms with van der Waals surface area (Å²) in [6.07, 6.45) is 9.55. The fourth-order valence-electron chi connectivity index (χ4n) is 18.8. The second-order valence-electron chi connectivity index (χ2n) is 32.0. The minimum atomic E-state index is 0.0233. The molecular weight excluding hydrogens is 1450 g/mol. The molecule has 0 saturated carbocycles. The van der Waals surface area contributed by atoms with E-state index in [1.165, 1.54) is 149 Å². The van der Waals surface area contributed by atoms with E-state index in [4.69, 9.17) is 0 Å². The van der Waals surface area contributed by atoms with Gasteiger partial charge in [-0.1, -0.05) is 390 Å². The number of aromatic nitrogens is 1. The van der Waals surface area contributed by atoms with E-state index in [2.05, 4.69) is 451 Å². The van der Waals surface area contributed by atoms with Crippen molar-refractivity contribution < 1.29 is 0 Å². The molecule has 1 aliphatic rings. The summed E-state index contributed by atoms with van der Waals surface area (Å²) in [5.41, 5.74) is 35.6. The molecule has 1 heterocycles. The zero-order chi connectivity index (χ0) is 81.9. The van der Waals surface area contributed by atoms with Crippen molar-refractivity contribution in [3.8, 4) is 66.9 Å². The highest BCUT2D eigenvalue weighted by Crippen LogP contribution is 2.55. The minimum absolute atomic E-state index is 0.0233. The third kappa shape index (κ3) is 16.1. The molecule has 1 aromatic heterocycles. The zero-order valence-electron chi connectivity index (χ0n) is 70.1. The number of hydrogen-bond donors (Lipinski definition) is 0. The average Bonchev–Trinajstić information content (AvgIpc) is 1.56. The van der Waals surface area contributed by atoms with Gasteiger partial charge in [0.05, 0.1) is 5.69 Å². The van der Waals surface area contributed by atoms with Gasteiger partial charge in [-0.05, 0) is 247 Å². The predicted molar refractivity (Wildman–Crippen MR) is 517 cm³/mol. The molecule has 0 fully saturated rings. The quantitative estimate of drug-likeness (QED) is 0.0669. The van der Waals surface area contributed by atoms with Crippen molar-refractivity contribution in [2.24, 2.45) is 0 Å². The number of benzene rings is 17. The van der Waals surface area contributed by atoms with E-state index < -0.39 is 0 Å². The third-order valence-electron chi connectivity index (χ3n) is 24.7. The Balaban J connectivity index is 0.000000132. The highest BCUT2D eigenvalue weighted by atomic mass is 15.1. The summed E-state index contributed by atoms with van der Waals surface area (Å²) in [5.74, 6) is 0. The summed E-state index contributed by atoms with van der Waals surface area (Å²) in [5, 5.41) is 8.00. The van der Waals surface area contributed by atoms with Crippen LogP contribution in [0.2, 0.25) is 0 Å². The van der Waals surface area contributed by atoms with Gasteiger partial charge in [0.1, 0.15) is 0 Å². The second-order valence-corrected chi connectivity index (χ2v) is 32.0. The molecule has 0 N–H and O–H groups in total. The lowest BCUT2D eigenvalue weighted by atomic mass is 9.36. The van der Waals surface area contributed by atoms with Crippen LogP contribution in [0.15, 0.2) is 407 Å². The molecule has 0 unspecified atom stereocenters. The van der Waals surface area contributed by atoms with Crippen LogP contribution in [-0.2, 0) is 24.7 Å². The lowest BCUT2D eigenvalue weighted by Crippen LogP contribution is -2.53. The van der Waals surface area contributed by atoms with Crippen LogP contribution in [0.25, 0.3) is 99.2 Å². The van der Waals surface area contributed by atoms with Gasteiger partial charge in [-0.3, -0.25) is 4.98 Å². The highest BCUT2D eigenvalue weighted by Gasteiger charge is 2.42. The number of rotatable bonds is 21. The topological polar surface area (TPSA) is 19.4 Å². The van der Waals surface area contributed by atoms with Gasteiger partial charge in [0.25, 0.3) is 0 Å². The van der Waals surface area contributed by atoms with E-state index in [-0.39, 0.29) is 12.1 Å². The number of para-hydroxylation sites is 1.